The molecule has 1 amide bonds. The molecule has 39 heavy (non-hydrogen) atoms. The number of nitrogens with zero attached hydrogens (tertiary/aromatic N) is 2. The van der Waals surface area contributed by atoms with Crippen molar-refractivity contribution in [3.05, 3.63) is 92.4 Å². The summed E-state index contributed by atoms with van der Waals surface area (Å²) in [6.45, 7) is 7.26. The van der Waals surface area contributed by atoms with Crippen LogP contribution in [0.25, 0.3) is 0 Å². The van der Waals surface area contributed by atoms with Gasteiger partial charge in [-0.2, -0.15) is 0 Å². The van der Waals surface area contributed by atoms with Crippen LogP contribution < -0.4 is 9.88 Å². The molecule has 0 saturated heterocycles. The molecule has 0 aliphatic carbocycles. The van der Waals surface area contributed by atoms with E-state index in [0.717, 1.165) is 0 Å². The predicted octanol–water partition coefficient (Wildman–Crippen LogP) is 7.33. The molecule has 0 aromatic heterocycles. The van der Waals surface area contributed by atoms with E-state index in [0.29, 0.717) is 21.2 Å². The standard InChI is InChI=1S/C27H25Cl4N3O4S/c1-15(2)38-22-14-21(30)23(39(32,36)37)13-20(22)24-33-26(3,16-5-9-18(28)10-6-16)27(4,34(24)25(31)35)17-7-11-19(29)12-8-17/h5-15H,1-4H3,(H2,32,36,37). The second-order valence-electron chi connectivity index (χ2n) is 9.67. The number of primary sulfonamides is 1. The molecule has 0 fully saturated rings. The van der Waals surface area contributed by atoms with Gasteiger partial charge in [-0.1, -0.05) is 59.1 Å². The summed E-state index contributed by atoms with van der Waals surface area (Å²) in [6, 6.07) is 16.6. The lowest BCUT2D eigenvalue weighted by Crippen LogP contribution is -2.53. The number of sulfonamides is 1. The van der Waals surface area contributed by atoms with Gasteiger partial charge in [0.1, 0.15) is 27.6 Å². The Kier molecular flexibility index (Phi) is 8.04. The molecule has 4 rings (SSSR count). The number of hydrogen-bond acceptors (Lipinski definition) is 5. The lowest BCUT2D eigenvalue weighted by atomic mass is 9.71. The second-order valence-corrected chi connectivity index (χ2v) is 12.8. The first-order chi connectivity index (χ1) is 18.1. The van der Waals surface area contributed by atoms with E-state index < -0.39 is 26.5 Å². The van der Waals surface area contributed by atoms with Crippen LogP contribution in [0.1, 0.15) is 44.4 Å². The molecule has 1 aliphatic rings. The van der Waals surface area contributed by atoms with Gasteiger partial charge in [0.25, 0.3) is 0 Å². The van der Waals surface area contributed by atoms with E-state index >= 15 is 0 Å². The quantitative estimate of drug-likeness (QED) is 0.228. The van der Waals surface area contributed by atoms with Gasteiger partial charge in [0, 0.05) is 16.1 Å². The molecular formula is C27H25Cl4N3O4S. The van der Waals surface area contributed by atoms with Crippen LogP contribution in [0.5, 0.6) is 5.75 Å². The number of amidine groups is 1. The highest BCUT2D eigenvalue weighted by Gasteiger charge is 2.59. The highest BCUT2D eigenvalue weighted by molar-refractivity contribution is 7.89. The molecule has 12 heteroatoms. The molecule has 3 aromatic carbocycles. The fourth-order valence-electron chi connectivity index (χ4n) is 4.82. The monoisotopic (exact) mass is 627 g/mol. The molecule has 7 nitrogen and oxygen atoms in total. The van der Waals surface area contributed by atoms with Crippen molar-refractivity contribution in [2.24, 2.45) is 10.1 Å². The minimum Gasteiger partial charge on any atom is -0.490 e. The van der Waals surface area contributed by atoms with E-state index in [4.69, 9.17) is 61.3 Å². The highest BCUT2D eigenvalue weighted by Crippen LogP contribution is 2.54. The van der Waals surface area contributed by atoms with Crippen LogP contribution in [0, 0.1) is 0 Å². The third-order valence-corrected chi connectivity index (χ3v) is 8.92. The van der Waals surface area contributed by atoms with Crippen molar-refractivity contribution in [2.75, 3.05) is 0 Å². The predicted molar refractivity (Wildman–Crippen MR) is 156 cm³/mol. The van der Waals surface area contributed by atoms with Gasteiger partial charge in [0.05, 0.1) is 16.7 Å². The summed E-state index contributed by atoms with van der Waals surface area (Å²) in [4.78, 5) is 19.3. The maximum Gasteiger partial charge on any atom is 0.322 e. The third kappa shape index (κ3) is 5.26. The van der Waals surface area contributed by atoms with Gasteiger partial charge in [0.2, 0.25) is 10.0 Å². The van der Waals surface area contributed by atoms with Crippen molar-refractivity contribution in [1.82, 2.24) is 4.90 Å². The van der Waals surface area contributed by atoms with Crippen LogP contribution in [-0.2, 0) is 21.1 Å². The minimum atomic E-state index is -4.25. The lowest BCUT2D eigenvalue weighted by Gasteiger charge is -2.44. The van der Waals surface area contributed by atoms with Crippen molar-refractivity contribution < 1.29 is 17.9 Å². The van der Waals surface area contributed by atoms with Crippen LogP contribution in [0.3, 0.4) is 0 Å². The average molecular weight is 629 g/mol. The molecule has 1 heterocycles. The van der Waals surface area contributed by atoms with Gasteiger partial charge in [-0.25, -0.2) is 13.6 Å². The maximum atomic E-state index is 13.3. The molecule has 2 atom stereocenters. The van der Waals surface area contributed by atoms with Gasteiger partial charge >= 0.3 is 5.37 Å². The number of amides is 1. The first-order valence-corrected chi connectivity index (χ1v) is 14.8. The number of halogens is 4. The molecule has 2 N–H and O–H groups in total. The molecular weight excluding hydrogens is 604 g/mol. The first-order valence-electron chi connectivity index (χ1n) is 11.7. The van der Waals surface area contributed by atoms with E-state index in [-0.39, 0.29) is 33.2 Å². The van der Waals surface area contributed by atoms with Gasteiger partial charge in [-0.05, 0) is 80.8 Å². The van der Waals surface area contributed by atoms with E-state index in [1.54, 1.807) is 50.2 Å². The van der Waals surface area contributed by atoms with Crippen LogP contribution >= 0.6 is 46.4 Å². The summed E-state index contributed by atoms with van der Waals surface area (Å²) in [5, 5.41) is 5.49. The van der Waals surface area contributed by atoms with Gasteiger partial charge in [-0.15, -0.1) is 0 Å². The van der Waals surface area contributed by atoms with Crippen molar-refractivity contribution in [3.63, 3.8) is 0 Å². The molecule has 3 aromatic rings. The van der Waals surface area contributed by atoms with Crippen molar-refractivity contribution >= 4 is 67.6 Å². The van der Waals surface area contributed by atoms with Gasteiger partial charge < -0.3 is 4.74 Å². The number of rotatable bonds is 6. The summed E-state index contributed by atoms with van der Waals surface area (Å²) >= 11 is 25.0. The highest BCUT2D eigenvalue weighted by atomic mass is 35.5. The Labute approximate surface area is 247 Å². The Morgan fingerprint density at radius 2 is 1.46 bits per heavy atom. The number of ether oxygens (including phenoxy) is 1. The Morgan fingerprint density at radius 3 is 1.92 bits per heavy atom. The van der Waals surface area contributed by atoms with Crippen LogP contribution in [0.2, 0.25) is 15.1 Å². The summed E-state index contributed by atoms with van der Waals surface area (Å²) in [6.07, 6.45) is -0.326. The Morgan fingerprint density at radius 1 is 0.949 bits per heavy atom. The first kappa shape index (κ1) is 29.6. The van der Waals surface area contributed by atoms with Crippen molar-refractivity contribution in [2.45, 2.75) is 49.8 Å². The summed E-state index contributed by atoms with van der Waals surface area (Å²) < 4.78 is 30.8. The van der Waals surface area contributed by atoms with Gasteiger partial charge in [-0.3, -0.25) is 14.7 Å². The molecule has 1 aliphatic heterocycles. The number of aliphatic imine (C=N–C) groups is 1. The zero-order valence-electron chi connectivity index (χ0n) is 21.4. The molecule has 2 unspecified atom stereocenters. The average Bonchev–Trinajstić information content (AvgIpc) is 3.07. The van der Waals surface area contributed by atoms with E-state index in [2.05, 4.69) is 0 Å². The summed E-state index contributed by atoms with van der Waals surface area (Å²) in [5.41, 5.74) is -0.819. The van der Waals surface area contributed by atoms with E-state index in [9.17, 15) is 13.2 Å². The number of carbonyl (C=O) groups excluding carboxylic acids is 1. The zero-order chi connectivity index (χ0) is 28.9. The van der Waals surface area contributed by atoms with Gasteiger partial charge in [0.15, 0.2) is 0 Å². The third-order valence-electron chi connectivity index (χ3n) is 6.87. The smallest absolute Gasteiger partial charge is 0.322 e. The van der Waals surface area contributed by atoms with E-state index in [1.807, 2.05) is 26.0 Å². The van der Waals surface area contributed by atoms with Crippen LogP contribution in [-0.4, -0.2) is 30.6 Å². The molecule has 0 bridgehead atoms. The lowest BCUT2D eigenvalue weighted by molar-refractivity contribution is 0.149. The zero-order valence-corrected chi connectivity index (χ0v) is 25.2. The Hall–Kier alpha value is -2.33. The van der Waals surface area contributed by atoms with Crippen molar-refractivity contribution in [1.29, 1.82) is 0 Å². The minimum absolute atomic E-state index is 0.0714. The number of hydrogen-bond donors (Lipinski definition) is 1. The summed E-state index contributed by atoms with van der Waals surface area (Å²) in [5.74, 6) is 0.269. The fraction of sp³-hybridized carbons (Fsp3) is 0.259. The Balaban J connectivity index is 2.12. The normalized spacial score (nSPS) is 21.3. The second kappa shape index (κ2) is 10.6. The maximum absolute atomic E-state index is 13.3. The number of nitrogens with two attached hydrogens (primary N) is 1. The van der Waals surface area contributed by atoms with Crippen LogP contribution in [0.4, 0.5) is 4.79 Å². The molecule has 0 saturated carbocycles. The number of carbonyl (C=O) groups is 1. The van der Waals surface area contributed by atoms with E-state index in [1.165, 1.54) is 17.0 Å². The molecule has 0 radical (unpaired) electrons. The SMILES string of the molecule is CC(C)Oc1cc(Cl)c(S(N)(=O)=O)cc1C1=NC(C)(c2ccc(Cl)cc2)C(C)(c2ccc(Cl)cc2)N1C(=O)Cl. The largest absolute Gasteiger partial charge is 0.490 e. The van der Waals surface area contributed by atoms with Crippen molar-refractivity contribution in [3.8, 4) is 5.75 Å². The topological polar surface area (TPSA) is 102 Å². The fourth-order valence-corrected chi connectivity index (χ4v) is 6.41. The number of benzene rings is 3. The summed E-state index contributed by atoms with van der Waals surface area (Å²) in [7, 11) is -4.25. The molecule has 0 spiro atoms. The van der Waals surface area contributed by atoms with Crippen LogP contribution in [0.15, 0.2) is 70.6 Å². The molecule has 206 valence electrons. The Bertz CT molecular complexity index is 1580.